The van der Waals surface area contributed by atoms with Crippen molar-refractivity contribution < 1.29 is 24.3 Å². The van der Waals surface area contributed by atoms with E-state index in [1.165, 1.54) is 12.5 Å². The number of H-pyrrole nitrogens is 1. The zero-order valence-electron chi connectivity index (χ0n) is 19.5. The first-order valence-corrected chi connectivity index (χ1v) is 11.2. The number of aliphatic imine (C=N–C) groups is 1. The number of nitrogens with one attached hydrogen (secondary N) is 4. The summed E-state index contributed by atoms with van der Waals surface area (Å²) in [4.78, 5) is 60.0. The Morgan fingerprint density at radius 3 is 2.20 bits per heavy atom. The van der Waals surface area contributed by atoms with Crippen LogP contribution in [0.15, 0.2) is 17.5 Å². The van der Waals surface area contributed by atoms with Gasteiger partial charge in [-0.1, -0.05) is 0 Å². The van der Waals surface area contributed by atoms with Crippen LogP contribution in [0, 0.1) is 0 Å². The number of aromatic amines is 1. The van der Waals surface area contributed by atoms with E-state index in [2.05, 4.69) is 30.9 Å². The molecule has 0 aliphatic heterocycles. The highest BCUT2D eigenvalue weighted by Crippen LogP contribution is 2.06. The lowest BCUT2D eigenvalue weighted by atomic mass is 10.1. The third kappa shape index (κ3) is 11.8. The molecule has 0 aliphatic rings. The Morgan fingerprint density at radius 2 is 1.63 bits per heavy atom. The number of guanidine groups is 1. The van der Waals surface area contributed by atoms with E-state index in [0.29, 0.717) is 31.5 Å². The van der Waals surface area contributed by atoms with Crippen molar-refractivity contribution in [3.05, 3.63) is 18.2 Å². The second-order valence-corrected chi connectivity index (χ2v) is 7.80. The van der Waals surface area contributed by atoms with Gasteiger partial charge in [-0.05, 0) is 38.6 Å². The number of hydrogen-bond donors (Lipinski definition) is 9. The lowest BCUT2D eigenvalue weighted by Gasteiger charge is -2.24. The Morgan fingerprint density at radius 1 is 0.971 bits per heavy atom. The summed E-state index contributed by atoms with van der Waals surface area (Å²) in [6.07, 6.45) is 4.73. The average Bonchev–Trinajstić information content (AvgIpc) is 3.32. The molecular formula is C20H36N10O5. The maximum Gasteiger partial charge on any atom is 0.326 e. The van der Waals surface area contributed by atoms with Gasteiger partial charge in [-0.2, -0.15) is 0 Å². The normalized spacial score (nSPS) is 13.2. The highest BCUT2D eigenvalue weighted by molar-refractivity contribution is 5.93. The van der Waals surface area contributed by atoms with Gasteiger partial charge in [-0.25, -0.2) is 9.78 Å². The second-order valence-electron chi connectivity index (χ2n) is 7.80. The van der Waals surface area contributed by atoms with E-state index in [1.807, 2.05) is 0 Å². The first kappa shape index (κ1) is 29.3. The number of hydrogen-bond acceptors (Lipinski definition) is 8. The summed E-state index contributed by atoms with van der Waals surface area (Å²) in [6.45, 7) is 0.294. The Hall–Kier alpha value is -3.72. The molecule has 15 heteroatoms. The van der Waals surface area contributed by atoms with Crippen LogP contribution < -0.4 is 38.9 Å². The molecule has 35 heavy (non-hydrogen) atoms. The zero-order chi connectivity index (χ0) is 26.2. The van der Waals surface area contributed by atoms with Gasteiger partial charge >= 0.3 is 5.97 Å². The molecule has 1 aromatic rings. The van der Waals surface area contributed by atoms with Crippen LogP contribution in [0.2, 0.25) is 0 Å². The van der Waals surface area contributed by atoms with Gasteiger partial charge in [0.05, 0.1) is 12.9 Å². The molecule has 15 nitrogen and oxygen atoms in total. The second kappa shape index (κ2) is 16.0. The maximum absolute atomic E-state index is 13.0. The Bertz CT molecular complexity index is 841. The predicted molar refractivity (Wildman–Crippen MR) is 128 cm³/mol. The molecule has 0 saturated carbocycles. The lowest BCUT2D eigenvalue weighted by molar-refractivity contribution is -0.142. The van der Waals surface area contributed by atoms with Crippen molar-refractivity contribution in [2.24, 2.45) is 27.9 Å². The number of nitrogens with zero attached hydrogens (tertiary/aromatic N) is 2. The average molecular weight is 497 g/mol. The molecule has 0 saturated heterocycles. The van der Waals surface area contributed by atoms with Gasteiger partial charge in [0.15, 0.2) is 5.96 Å². The number of carbonyl (C=O) groups excluding carboxylic acids is 3. The van der Waals surface area contributed by atoms with E-state index in [4.69, 9.17) is 22.9 Å². The Labute approximate surface area is 202 Å². The smallest absolute Gasteiger partial charge is 0.326 e. The number of aliphatic carboxylic acids is 1. The van der Waals surface area contributed by atoms with Crippen LogP contribution in [0.4, 0.5) is 0 Å². The minimum absolute atomic E-state index is 0.0122. The van der Waals surface area contributed by atoms with Crippen molar-refractivity contribution in [1.29, 1.82) is 0 Å². The molecule has 3 atom stereocenters. The van der Waals surface area contributed by atoms with Gasteiger partial charge in [0.1, 0.15) is 18.1 Å². The molecule has 0 aromatic carbocycles. The third-order valence-electron chi connectivity index (χ3n) is 4.96. The third-order valence-corrected chi connectivity index (χ3v) is 4.96. The van der Waals surface area contributed by atoms with Crippen molar-refractivity contribution in [2.45, 2.75) is 56.7 Å². The molecule has 3 unspecified atom stereocenters. The summed E-state index contributed by atoms with van der Waals surface area (Å²) in [5, 5.41) is 17.0. The fourth-order valence-corrected chi connectivity index (χ4v) is 3.15. The summed E-state index contributed by atoms with van der Waals surface area (Å²) in [6, 6.07) is -3.31. The van der Waals surface area contributed by atoms with Gasteiger partial charge in [-0.15, -0.1) is 0 Å². The van der Waals surface area contributed by atoms with Crippen LogP contribution in [0.1, 0.15) is 37.8 Å². The molecule has 0 aliphatic carbocycles. The summed E-state index contributed by atoms with van der Waals surface area (Å²) < 4.78 is 0. The first-order chi connectivity index (χ1) is 16.7. The standard InChI is InChI=1S/C20H36N10O5/c21-6-2-1-4-14(19(34)35)29-18(33)15(8-12-10-25-11-27-12)30-17(32)13(28-16(31)9-22)5-3-7-26-20(23)24/h10-11,13-15H,1-9,21-22H2,(H,25,27)(H,28,31)(H,29,33)(H,30,32)(H,34,35)(H4,23,24,26). The fraction of sp³-hybridized carbons (Fsp3) is 0.600. The van der Waals surface area contributed by atoms with Gasteiger partial charge in [0.2, 0.25) is 17.7 Å². The molecule has 1 rings (SSSR count). The number of aromatic nitrogens is 2. The highest BCUT2D eigenvalue weighted by atomic mass is 16.4. The van der Waals surface area contributed by atoms with E-state index < -0.39 is 41.8 Å². The van der Waals surface area contributed by atoms with E-state index in [1.54, 1.807) is 0 Å². The number of nitrogens with two attached hydrogens (primary N) is 4. The molecule has 0 fully saturated rings. The quantitative estimate of drug-likeness (QED) is 0.0586. The van der Waals surface area contributed by atoms with E-state index in [0.717, 1.165) is 0 Å². The highest BCUT2D eigenvalue weighted by Gasteiger charge is 2.29. The van der Waals surface area contributed by atoms with E-state index in [9.17, 15) is 24.3 Å². The molecule has 0 bridgehead atoms. The summed E-state index contributed by atoms with van der Waals surface area (Å²) in [5.41, 5.74) is 21.9. The maximum atomic E-state index is 13.0. The van der Waals surface area contributed by atoms with Crippen LogP contribution in [0.25, 0.3) is 0 Å². The van der Waals surface area contributed by atoms with Crippen LogP contribution in [0.5, 0.6) is 0 Å². The van der Waals surface area contributed by atoms with Crippen molar-refractivity contribution >= 4 is 29.7 Å². The monoisotopic (exact) mass is 496 g/mol. The summed E-state index contributed by atoms with van der Waals surface area (Å²) in [5.74, 6) is -3.21. The predicted octanol–water partition coefficient (Wildman–Crippen LogP) is -3.37. The van der Waals surface area contributed by atoms with Crippen molar-refractivity contribution in [1.82, 2.24) is 25.9 Å². The van der Waals surface area contributed by atoms with Crippen LogP contribution in [0.3, 0.4) is 0 Å². The van der Waals surface area contributed by atoms with Crippen LogP contribution in [-0.2, 0) is 25.6 Å². The number of carboxylic acids is 1. The number of imidazole rings is 1. The molecular weight excluding hydrogens is 460 g/mol. The topological polar surface area (TPSA) is 270 Å². The molecule has 3 amide bonds. The molecule has 196 valence electrons. The molecule has 0 spiro atoms. The molecule has 1 aromatic heterocycles. The molecule has 13 N–H and O–H groups in total. The zero-order valence-corrected chi connectivity index (χ0v) is 19.5. The Balaban J connectivity index is 2.98. The summed E-state index contributed by atoms with van der Waals surface area (Å²) in [7, 11) is 0. The van der Waals surface area contributed by atoms with Gasteiger partial charge in [-0.3, -0.25) is 19.4 Å². The number of unbranched alkanes of at least 4 members (excludes halogenated alkanes) is 1. The lowest BCUT2D eigenvalue weighted by Crippen LogP contribution is -2.56. The minimum Gasteiger partial charge on any atom is -0.480 e. The number of amides is 3. The molecule has 1 heterocycles. The number of carboxylic acid groups (broad SMARTS) is 1. The van der Waals surface area contributed by atoms with Crippen molar-refractivity contribution in [3.63, 3.8) is 0 Å². The Kier molecular flexibility index (Phi) is 13.4. The van der Waals surface area contributed by atoms with Gasteiger partial charge in [0, 0.05) is 24.9 Å². The number of carbonyl (C=O) groups is 4. The van der Waals surface area contributed by atoms with Crippen molar-refractivity contribution in [3.8, 4) is 0 Å². The molecule has 0 radical (unpaired) electrons. The van der Waals surface area contributed by atoms with Gasteiger partial charge < -0.3 is 49.0 Å². The van der Waals surface area contributed by atoms with Gasteiger partial charge in [0.25, 0.3) is 0 Å². The summed E-state index contributed by atoms with van der Waals surface area (Å²) >= 11 is 0. The first-order valence-electron chi connectivity index (χ1n) is 11.2. The SMILES string of the molecule is NCCCCC(NC(=O)C(Cc1cnc[nH]1)NC(=O)C(CCCN=C(N)N)NC(=O)CN)C(=O)O. The van der Waals surface area contributed by atoms with Crippen LogP contribution >= 0.6 is 0 Å². The fourth-order valence-electron chi connectivity index (χ4n) is 3.15. The van der Waals surface area contributed by atoms with Crippen LogP contribution in [-0.4, -0.2) is 82.5 Å². The van der Waals surface area contributed by atoms with Crippen molar-refractivity contribution in [2.75, 3.05) is 19.6 Å². The number of rotatable bonds is 17. The van der Waals surface area contributed by atoms with E-state index in [-0.39, 0.29) is 38.3 Å². The largest absolute Gasteiger partial charge is 0.480 e. The minimum atomic E-state index is -1.20. The van der Waals surface area contributed by atoms with E-state index >= 15 is 0 Å².